The Balaban J connectivity index is 2.38. The number of halogens is 1. The van der Waals surface area contributed by atoms with Crippen LogP contribution in [0.2, 0.25) is 0 Å². The molecule has 0 fully saturated rings. The van der Waals surface area contributed by atoms with Crippen molar-refractivity contribution in [2.75, 3.05) is 0 Å². The second-order valence-corrected chi connectivity index (χ2v) is 4.71. The molecule has 2 nitrogen and oxygen atoms in total. The third kappa shape index (κ3) is 3.07. The van der Waals surface area contributed by atoms with Gasteiger partial charge in [-0.15, -0.1) is 11.6 Å². The van der Waals surface area contributed by atoms with Gasteiger partial charge in [-0.2, -0.15) is 5.26 Å². The largest absolute Gasteiger partial charge is 0.456 e. The molecule has 0 aromatic heterocycles. The fourth-order valence-corrected chi connectivity index (χ4v) is 1.94. The van der Waals surface area contributed by atoms with E-state index >= 15 is 0 Å². The molecular formula is C16H14ClNO. The van der Waals surface area contributed by atoms with E-state index in [1.165, 1.54) is 0 Å². The van der Waals surface area contributed by atoms with Crippen LogP contribution in [-0.4, -0.2) is 0 Å². The number of hydrogen-bond donors (Lipinski definition) is 0. The summed E-state index contributed by atoms with van der Waals surface area (Å²) in [6, 6.07) is 13.6. The standard InChI is InChI=1S/C16H14ClNO/c1-11-3-4-12(2)16(7-11)19-15-6-5-13(9-17)8-14(15)10-18/h3-8H,9H2,1-2H3. The molecule has 0 radical (unpaired) electrons. The minimum absolute atomic E-state index is 0.387. The number of nitrogens with zero attached hydrogens (tertiary/aromatic N) is 1. The number of benzene rings is 2. The average molecular weight is 272 g/mol. The zero-order valence-corrected chi connectivity index (χ0v) is 11.7. The van der Waals surface area contributed by atoms with E-state index in [-0.39, 0.29) is 0 Å². The van der Waals surface area contributed by atoms with Crippen molar-refractivity contribution in [3.05, 3.63) is 58.7 Å². The Hall–Kier alpha value is -1.98. The third-order valence-electron chi connectivity index (χ3n) is 2.88. The molecule has 0 spiro atoms. The molecule has 0 aliphatic heterocycles. The first-order valence-corrected chi connectivity index (χ1v) is 6.51. The van der Waals surface area contributed by atoms with Crippen molar-refractivity contribution in [1.29, 1.82) is 5.26 Å². The number of hydrogen-bond acceptors (Lipinski definition) is 2. The summed E-state index contributed by atoms with van der Waals surface area (Å²) in [6.45, 7) is 3.99. The molecule has 0 bridgehead atoms. The summed E-state index contributed by atoms with van der Waals surface area (Å²) in [5, 5.41) is 9.17. The van der Waals surface area contributed by atoms with Crippen molar-refractivity contribution in [3.63, 3.8) is 0 Å². The number of rotatable bonds is 3. The molecule has 96 valence electrons. The molecule has 0 saturated carbocycles. The Kier molecular flexibility index (Phi) is 4.09. The van der Waals surface area contributed by atoms with Crippen LogP contribution in [0.25, 0.3) is 0 Å². The Bertz CT molecular complexity index is 644. The first kappa shape index (κ1) is 13.5. The summed E-state index contributed by atoms with van der Waals surface area (Å²) in [5.74, 6) is 1.72. The first-order valence-electron chi connectivity index (χ1n) is 5.98. The lowest BCUT2D eigenvalue weighted by molar-refractivity contribution is 0.477. The first-order chi connectivity index (χ1) is 9.13. The van der Waals surface area contributed by atoms with Crippen LogP contribution in [0.15, 0.2) is 36.4 Å². The zero-order valence-electron chi connectivity index (χ0n) is 10.9. The minimum Gasteiger partial charge on any atom is -0.456 e. The molecule has 3 heteroatoms. The SMILES string of the molecule is Cc1ccc(C)c(Oc2ccc(CCl)cc2C#N)c1. The van der Waals surface area contributed by atoms with Crippen LogP contribution in [0.3, 0.4) is 0 Å². The van der Waals surface area contributed by atoms with Crippen molar-refractivity contribution in [3.8, 4) is 17.6 Å². The van der Waals surface area contributed by atoms with Gasteiger partial charge in [-0.25, -0.2) is 0 Å². The van der Waals surface area contributed by atoms with Gasteiger partial charge in [-0.05, 0) is 48.7 Å². The van der Waals surface area contributed by atoms with Crippen molar-refractivity contribution >= 4 is 11.6 Å². The van der Waals surface area contributed by atoms with Gasteiger partial charge in [-0.1, -0.05) is 18.2 Å². The van der Waals surface area contributed by atoms with Crippen LogP contribution in [-0.2, 0) is 5.88 Å². The van der Waals surface area contributed by atoms with Gasteiger partial charge < -0.3 is 4.74 Å². The molecule has 0 heterocycles. The van der Waals surface area contributed by atoms with E-state index in [0.29, 0.717) is 17.2 Å². The van der Waals surface area contributed by atoms with Gasteiger partial charge in [0, 0.05) is 5.88 Å². The van der Waals surface area contributed by atoms with E-state index in [4.69, 9.17) is 21.6 Å². The van der Waals surface area contributed by atoms with Crippen LogP contribution in [0.1, 0.15) is 22.3 Å². The molecule has 0 amide bonds. The summed E-state index contributed by atoms with van der Waals surface area (Å²) in [7, 11) is 0. The number of ether oxygens (including phenoxy) is 1. The second-order valence-electron chi connectivity index (χ2n) is 4.45. The van der Waals surface area contributed by atoms with Gasteiger partial charge in [0.2, 0.25) is 0 Å². The fourth-order valence-electron chi connectivity index (χ4n) is 1.77. The normalized spacial score (nSPS) is 10.0. The summed E-state index contributed by atoms with van der Waals surface area (Å²) in [6.07, 6.45) is 0. The van der Waals surface area contributed by atoms with E-state index in [2.05, 4.69) is 6.07 Å². The molecule has 0 atom stereocenters. The fraction of sp³-hybridized carbons (Fsp3) is 0.188. The van der Waals surface area contributed by atoms with Crippen LogP contribution in [0.4, 0.5) is 0 Å². The van der Waals surface area contributed by atoms with E-state index in [1.54, 1.807) is 12.1 Å². The van der Waals surface area contributed by atoms with Crippen LogP contribution in [0, 0.1) is 25.2 Å². The molecular weight excluding hydrogens is 258 g/mol. The maximum atomic E-state index is 9.17. The monoisotopic (exact) mass is 271 g/mol. The number of alkyl halides is 1. The quantitative estimate of drug-likeness (QED) is 0.758. The highest BCUT2D eigenvalue weighted by Crippen LogP contribution is 2.29. The highest BCUT2D eigenvalue weighted by atomic mass is 35.5. The van der Waals surface area contributed by atoms with Gasteiger partial charge in [-0.3, -0.25) is 0 Å². The van der Waals surface area contributed by atoms with Crippen LogP contribution < -0.4 is 4.74 Å². The van der Waals surface area contributed by atoms with Crippen molar-refractivity contribution < 1.29 is 4.74 Å². The zero-order chi connectivity index (χ0) is 13.8. The lowest BCUT2D eigenvalue weighted by Gasteiger charge is -2.11. The predicted octanol–water partition coefficient (Wildman–Crippen LogP) is 4.71. The third-order valence-corrected chi connectivity index (χ3v) is 3.19. The summed E-state index contributed by atoms with van der Waals surface area (Å²) < 4.78 is 5.85. The Morgan fingerprint density at radius 1 is 1.11 bits per heavy atom. The van der Waals surface area contributed by atoms with Gasteiger partial charge in [0.05, 0.1) is 5.56 Å². The molecule has 0 aliphatic carbocycles. The van der Waals surface area contributed by atoms with Gasteiger partial charge >= 0.3 is 0 Å². The van der Waals surface area contributed by atoms with Crippen LogP contribution in [0.5, 0.6) is 11.5 Å². The number of aryl methyl sites for hydroxylation is 2. The highest BCUT2D eigenvalue weighted by Gasteiger charge is 2.08. The topological polar surface area (TPSA) is 33.0 Å². The molecule has 0 N–H and O–H groups in total. The van der Waals surface area contributed by atoms with Gasteiger partial charge in [0.25, 0.3) is 0 Å². The van der Waals surface area contributed by atoms with Crippen molar-refractivity contribution in [2.24, 2.45) is 0 Å². The smallest absolute Gasteiger partial charge is 0.145 e. The molecule has 0 aliphatic rings. The van der Waals surface area contributed by atoms with Crippen molar-refractivity contribution in [2.45, 2.75) is 19.7 Å². The van der Waals surface area contributed by atoms with E-state index in [9.17, 15) is 0 Å². The minimum atomic E-state index is 0.387. The summed E-state index contributed by atoms with van der Waals surface area (Å²) in [5.41, 5.74) is 3.57. The van der Waals surface area contributed by atoms with E-state index < -0.39 is 0 Å². The highest BCUT2D eigenvalue weighted by molar-refractivity contribution is 6.17. The number of nitriles is 1. The molecule has 0 saturated heterocycles. The van der Waals surface area contributed by atoms with Gasteiger partial charge in [0.15, 0.2) is 0 Å². The molecule has 2 rings (SSSR count). The average Bonchev–Trinajstić information content (AvgIpc) is 2.43. The molecule has 0 unspecified atom stereocenters. The summed E-state index contributed by atoms with van der Waals surface area (Å²) >= 11 is 5.76. The maximum absolute atomic E-state index is 9.17. The predicted molar refractivity (Wildman–Crippen MR) is 76.7 cm³/mol. The van der Waals surface area contributed by atoms with Crippen molar-refractivity contribution in [1.82, 2.24) is 0 Å². The molecule has 2 aromatic carbocycles. The Labute approximate surface area is 118 Å². The lowest BCUT2D eigenvalue weighted by Crippen LogP contribution is -1.92. The maximum Gasteiger partial charge on any atom is 0.145 e. The Morgan fingerprint density at radius 3 is 2.58 bits per heavy atom. The second kappa shape index (κ2) is 5.77. The Morgan fingerprint density at radius 2 is 1.89 bits per heavy atom. The van der Waals surface area contributed by atoms with E-state index in [1.807, 2.05) is 38.1 Å². The summed E-state index contributed by atoms with van der Waals surface area (Å²) in [4.78, 5) is 0. The van der Waals surface area contributed by atoms with Gasteiger partial charge in [0.1, 0.15) is 17.6 Å². The lowest BCUT2D eigenvalue weighted by atomic mass is 10.1. The van der Waals surface area contributed by atoms with Crippen LogP contribution >= 0.6 is 11.6 Å². The molecule has 2 aromatic rings. The molecule has 19 heavy (non-hydrogen) atoms. The van der Waals surface area contributed by atoms with E-state index in [0.717, 1.165) is 22.4 Å².